The number of amides is 1. The summed E-state index contributed by atoms with van der Waals surface area (Å²) >= 11 is 8.88. The maximum absolute atomic E-state index is 13.6. The maximum atomic E-state index is 13.6. The molecule has 4 N–H and O–H groups in total. The van der Waals surface area contributed by atoms with Crippen LogP contribution in [0.1, 0.15) is 11.1 Å². The van der Waals surface area contributed by atoms with Gasteiger partial charge in [-0.2, -0.15) is 5.10 Å². The van der Waals surface area contributed by atoms with Crippen molar-refractivity contribution in [2.75, 3.05) is 10.2 Å². The molecule has 0 fully saturated rings. The number of benzene rings is 4. The molecule has 0 aliphatic carbocycles. The highest BCUT2D eigenvalue weighted by molar-refractivity contribution is 9.10. The summed E-state index contributed by atoms with van der Waals surface area (Å²) in [5.41, 5.74) is 5.39. The van der Waals surface area contributed by atoms with Gasteiger partial charge in [0.05, 0.1) is 17.9 Å². The van der Waals surface area contributed by atoms with Crippen molar-refractivity contribution in [3.8, 4) is 0 Å². The minimum atomic E-state index is -3.97. The molecule has 1 aliphatic rings. The SMILES string of the molecule is NS(=O)(=O)c1ccccc1NC(=S)NN=C1C(=O)N(Cc2cccc3ccccc23)c2c(Br)cccc21. The number of primary sulfonamides is 1. The number of hydrogen-bond donors (Lipinski definition) is 3. The number of hydrogen-bond acceptors (Lipinski definition) is 5. The summed E-state index contributed by atoms with van der Waals surface area (Å²) in [5.74, 6) is -0.296. The Morgan fingerprint density at radius 2 is 1.68 bits per heavy atom. The van der Waals surface area contributed by atoms with E-state index in [1.807, 2.05) is 60.7 Å². The number of nitrogens with two attached hydrogens (primary N) is 1. The van der Waals surface area contributed by atoms with Crippen LogP contribution in [0.15, 0.2) is 99.4 Å². The van der Waals surface area contributed by atoms with Crippen LogP contribution in [0.25, 0.3) is 10.8 Å². The van der Waals surface area contributed by atoms with E-state index < -0.39 is 10.0 Å². The van der Waals surface area contributed by atoms with E-state index in [4.69, 9.17) is 17.4 Å². The van der Waals surface area contributed by atoms with E-state index in [1.165, 1.54) is 12.1 Å². The maximum Gasteiger partial charge on any atom is 0.279 e. The summed E-state index contributed by atoms with van der Waals surface area (Å²) in [6.07, 6.45) is 0. The first kappa shape index (κ1) is 25.0. The van der Waals surface area contributed by atoms with E-state index >= 15 is 0 Å². The molecule has 0 unspecified atom stereocenters. The number of carbonyl (C=O) groups excluding carboxylic acids is 1. The van der Waals surface area contributed by atoms with Crippen LogP contribution in [0.2, 0.25) is 0 Å². The number of sulfonamides is 1. The van der Waals surface area contributed by atoms with Gasteiger partial charge in [0.2, 0.25) is 10.0 Å². The standard InChI is InChI=1S/C26H20BrN5O3S2/c27-20-12-6-11-19-23(30-31-26(36)29-21-13-3-4-14-22(21)37(28,34)35)25(33)32(24(19)20)15-17-9-5-8-16-7-1-2-10-18(16)17/h1-14H,15H2,(H2,28,34,35)(H2,29,31,36). The molecule has 1 amide bonds. The molecule has 0 aromatic heterocycles. The Labute approximate surface area is 227 Å². The molecule has 0 bridgehead atoms. The summed E-state index contributed by atoms with van der Waals surface area (Å²) < 4.78 is 24.5. The highest BCUT2D eigenvalue weighted by Gasteiger charge is 2.36. The van der Waals surface area contributed by atoms with Gasteiger partial charge in [-0.15, -0.1) is 0 Å². The number of nitrogens with one attached hydrogen (secondary N) is 2. The van der Waals surface area contributed by atoms with E-state index in [1.54, 1.807) is 17.0 Å². The monoisotopic (exact) mass is 593 g/mol. The van der Waals surface area contributed by atoms with Gasteiger partial charge in [0.25, 0.3) is 5.91 Å². The van der Waals surface area contributed by atoms with E-state index in [-0.39, 0.29) is 27.3 Å². The first-order chi connectivity index (χ1) is 17.7. The Hall–Kier alpha value is -3.64. The number of hydrazone groups is 1. The van der Waals surface area contributed by atoms with Gasteiger partial charge in [0.15, 0.2) is 10.8 Å². The van der Waals surface area contributed by atoms with Crippen LogP contribution >= 0.6 is 28.1 Å². The van der Waals surface area contributed by atoms with Crippen molar-refractivity contribution >= 4 is 77.0 Å². The van der Waals surface area contributed by atoms with Crippen molar-refractivity contribution < 1.29 is 13.2 Å². The summed E-state index contributed by atoms with van der Waals surface area (Å²) in [5, 5.41) is 14.5. The zero-order chi connectivity index (χ0) is 26.2. The van der Waals surface area contributed by atoms with Crippen molar-refractivity contribution in [3.63, 3.8) is 0 Å². The van der Waals surface area contributed by atoms with Crippen LogP contribution < -0.4 is 20.8 Å². The molecule has 0 radical (unpaired) electrons. The fourth-order valence-corrected chi connectivity index (χ4v) is 5.69. The van der Waals surface area contributed by atoms with Gasteiger partial charge in [0, 0.05) is 10.0 Å². The Morgan fingerprint density at radius 1 is 0.973 bits per heavy atom. The predicted octanol–water partition coefficient (Wildman–Crippen LogP) is 4.49. The van der Waals surface area contributed by atoms with Crippen molar-refractivity contribution in [1.29, 1.82) is 0 Å². The van der Waals surface area contributed by atoms with E-state index in [0.717, 1.165) is 20.8 Å². The normalized spacial score (nSPS) is 14.2. The fourth-order valence-electron chi connectivity index (χ4n) is 4.26. The Morgan fingerprint density at radius 3 is 2.49 bits per heavy atom. The molecule has 0 saturated carbocycles. The predicted molar refractivity (Wildman–Crippen MR) is 153 cm³/mol. The van der Waals surface area contributed by atoms with Crippen LogP contribution in [0.5, 0.6) is 0 Å². The van der Waals surface area contributed by atoms with E-state index in [9.17, 15) is 13.2 Å². The summed E-state index contributed by atoms with van der Waals surface area (Å²) in [6, 6.07) is 25.6. The van der Waals surface area contributed by atoms with Crippen molar-refractivity contribution in [2.24, 2.45) is 10.2 Å². The molecule has 37 heavy (non-hydrogen) atoms. The second kappa shape index (κ2) is 10.0. The second-order valence-electron chi connectivity index (χ2n) is 8.23. The number of thiocarbonyl (C=S) groups is 1. The number of halogens is 1. The highest BCUT2D eigenvalue weighted by Crippen LogP contribution is 2.38. The molecule has 11 heteroatoms. The molecule has 4 aromatic rings. The molecule has 186 valence electrons. The summed E-state index contributed by atoms with van der Waals surface area (Å²) in [6.45, 7) is 0.346. The Bertz CT molecular complexity index is 1700. The van der Waals surface area contributed by atoms with Gasteiger partial charge in [-0.1, -0.05) is 66.7 Å². The van der Waals surface area contributed by atoms with Crippen molar-refractivity contribution in [1.82, 2.24) is 5.43 Å². The third-order valence-corrected chi connectivity index (χ3v) is 7.68. The number of para-hydroxylation sites is 2. The van der Waals surface area contributed by atoms with Crippen LogP contribution in [0.4, 0.5) is 11.4 Å². The van der Waals surface area contributed by atoms with Crippen LogP contribution in [0.3, 0.4) is 0 Å². The first-order valence-electron chi connectivity index (χ1n) is 11.1. The lowest BCUT2D eigenvalue weighted by Gasteiger charge is -2.19. The van der Waals surface area contributed by atoms with Gasteiger partial charge < -0.3 is 10.2 Å². The largest absolute Gasteiger partial charge is 0.330 e. The first-order valence-corrected chi connectivity index (χ1v) is 13.8. The topological polar surface area (TPSA) is 117 Å². The molecule has 0 saturated heterocycles. The molecular weight excluding hydrogens is 574 g/mol. The molecule has 0 spiro atoms. The van der Waals surface area contributed by atoms with Gasteiger partial charge in [-0.25, -0.2) is 13.6 Å². The molecule has 0 atom stereocenters. The molecular formula is C26H20BrN5O3S2. The lowest BCUT2D eigenvalue weighted by atomic mass is 10.0. The van der Waals surface area contributed by atoms with Gasteiger partial charge in [-0.3, -0.25) is 10.2 Å². The van der Waals surface area contributed by atoms with E-state index in [0.29, 0.717) is 17.8 Å². The molecule has 4 aromatic carbocycles. The van der Waals surface area contributed by atoms with Crippen LogP contribution in [-0.2, 0) is 21.4 Å². The third-order valence-electron chi connectivity index (χ3n) is 5.88. The third kappa shape index (κ3) is 4.98. The number of anilines is 2. The number of nitrogens with zero attached hydrogens (tertiary/aromatic N) is 2. The lowest BCUT2D eigenvalue weighted by molar-refractivity contribution is -0.112. The average molecular weight is 595 g/mol. The summed E-state index contributed by atoms with van der Waals surface area (Å²) in [4.78, 5) is 15.1. The molecule has 5 rings (SSSR count). The fraction of sp³-hybridized carbons (Fsp3) is 0.0385. The number of carbonyl (C=O) groups is 1. The summed E-state index contributed by atoms with van der Waals surface area (Å²) in [7, 11) is -3.97. The Kier molecular flexibility index (Phi) is 6.78. The average Bonchev–Trinajstić information content (AvgIpc) is 3.14. The smallest absolute Gasteiger partial charge is 0.279 e. The molecule has 1 aliphatic heterocycles. The molecule has 8 nitrogen and oxygen atoms in total. The van der Waals surface area contributed by atoms with Crippen LogP contribution in [-0.4, -0.2) is 25.1 Å². The quantitative estimate of drug-likeness (QED) is 0.232. The lowest BCUT2D eigenvalue weighted by Crippen LogP contribution is -2.32. The van der Waals surface area contributed by atoms with Gasteiger partial charge >= 0.3 is 0 Å². The number of rotatable bonds is 5. The minimum Gasteiger partial charge on any atom is -0.330 e. The Balaban J connectivity index is 1.44. The zero-order valence-corrected chi connectivity index (χ0v) is 22.4. The second-order valence-corrected chi connectivity index (χ2v) is 11.0. The van der Waals surface area contributed by atoms with Gasteiger partial charge in [-0.05, 0) is 62.7 Å². The van der Waals surface area contributed by atoms with Crippen molar-refractivity contribution in [3.05, 3.63) is 101 Å². The van der Waals surface area contributed by atoms with E-state index in [2.05, 4.69) is 31.8 Å². The number of fused-ring (bicyclic) bond motifs is 2. The minimum absolute atomic E-state index is 0.000417. The van der Waals surface area contributed by atoms with Crippen LogP contribution in [0, 0.1) is 0 Å². The highest BCUT2D eigenvalue weighted by atomic mass is 79.9. The van der Waals surface area contributed by atoms with Gasteiger partial charge in [0.1, 0.15) is 4.90 Å². The van der Waals surface area contributed by atoms with Crippen molar-refractivity contribution in [2.45, 2.75) is 11.4 Å². The molecule has 1 heterocycles. The zero-order valence-electron chi connectivity index (χ0n) is 19.2.